The molecule has 0 bridgehead atoms. The molecule has 0 spiro atoms. The molecule has 16 heavy (non-hydrogen) atoms. The molecule has 0 unspecified atom stereocenters. The van der Waals surface area contributed by atoms with Gasteiger partial charge < -0.3 is 4.90 Å². The number of hydrogen-bond acceptors (Lipinski definition) is 2. The Bertz CT molecular complexity index is 177. The molecule has 0 aromatic rings. The van der Waals surface area contributed by atoms with Crippen LogP contribution in [0.25, 0.3) is 0 Å². The average Bonchev–Trinajstić information content (AvgIpc) is 2.28. The van der Waals surface area contributed by atoms with E-state index in [9.17, 15) is 0 Å². The van der Waals surface area contributed by atoms with Gasteiger partial charge in [0, 0.05) is 13.1 Å². The fourth-order valence-electron chi connectivity index (χ4n) is 2.57. The van der Waals surface area contributed by atoms with Gasteiger partial charge in [0.1, 0.15) is 0 Å². The van der Waals surface area contributed by atoms with Gasteiger partial charge in [-0.1, -0.05) is 27.2 Å². The van der Waals surface area contributed by atoms with Crippen molar-refractivity contribution in [3.8, 4) is 0 Å². The largest absolute Gasteiger partial charge is 0.303 e. The van der Waals surface area contributed by atoms with Crippen LogP contribution in [-0.2, 0) is 0 Å². The van der Waals surface area contributed by atoms with E-state index in [-0.39, 0.29) is 0 Å². The molecular formula is C14H29NS. The molecule has 0 aromatic heterocycles. The summed E-state index contributed by atoms with van der Waals surface area (Å²) in [6, 6.07) is 0. The van der Waals surface area contributed by atoms with Gasteiger partial charge in [-0.3, -0.25) is 0 Å². The molecule has 0 heterocycles. The second kappa shape index (κ2) is 6.90. The van der Waals surface area contributed by atoms with Crippen LogP contribution in [0.2, 0.25) is 0 Å². The van der Waals surface area contributed by atoms with Crippen LogP contribution in [0.4, 0.5) is 0 Å². The van der Waals surface area contributed by atoms with Crippen LogP contribution < -0.4 is 0 Å². The number of nitrogens with zero attached hydrogens (tertiary/aromatic N) is 1. The third-order valence-corrected chi connectivity index (χ3v) is 5.25. The lowest BCUT2D eigenvalue weighted by molar-refractivity contribution is 0.122. The molecular weight excluding hydrogens is 214 g/mol. The molecule has 96 valence electrons. The predicted octanol–water partition coefficient (Wildman–Crippen LogP) is 3.84. The van der Waals surface area contributed by atoms with Crippen LogP contribution in [0.3, 0.4) is 0 Å². The maximum atomic E-state index is 4.58. The quantitative estimate of drug-likeness (QED) is 0.634. The van der Waals surface area contributed by atoms with E-state index in [2.05, 4.69) is 38.3 Å². The highest BCUT2D eigenvalue weighted by Gasteiger charge is 2.28. The van der Waals surface area contributed by atoms with Gasteiger partial charge in [0.2, 0.25) is 0 Å². The molecule has 1 nitrogen and oxygen atoms in total. The van der Waals surface area contributed by atoms with E-state index in [4.69, 9.17) is 0 Å². The molecule has 2 heteroatoms. The van der Waals surface area contributed by atoms with Gasteiger partial charge in [0.15, 0.2) is 0 Å². The molecule has 1 aliphatic rings. The highest BCUT2D eigenvalue weighted by atomic mass is 32.1. The fraction of sp³-hybridized carbons (Fsp3) is 1.00. The lowest BCUT2D eigenvalue weighted by Crippen LogP contribution is -2.41. The molecule has 0 saturated heterocycles. The minimum absolute atomic E-state index is 0.447. The van der Waals surface area contributed by atoms with Crippen molar-refractivity contribution in [3.05, 3.63) is 0 Å². The lowest BCUT2D eigenvalue weighted by atomic mass is 9.82. The van der Waals surface area contributed by atoms with E-state index in [0.717, 1.165) is 11.7 Å². The Hall–Kier alpha value is 0.310. The van der Waals surface area contributed by atoms with Crippen molar-refractivity contribution in [1.82, 2.24) is 4.90 Å². The molecule has 1 fully saturated rings. The SMILES string of the molecule is CCN(CC1CCC1)CC(CC)(CC)CS. The van der Waals surface area contributed by atoms with Crippen LogP contribution in [0.1, 0.15) is 52.9 Å². The first-order valence-electron chi connectivity index (χ1n) is 7.03. The Balaban J connectivity index is 2.45. The summed E-state index contributed by atoms with van der Waals surface area (Å²) in [4.78, 5) is 2.66. The number of rotatable bonds is 8. The highest BCUT2D eigenvalue weighted by molar-refractivity contribution is 7.80. The van der Waals surface area contributed by atoms with Crippen LogP contribution in [-0.4, -0.2) is 30.3 Å². The summed E-state index contributed by atoms with van der Waals surface area (Å²) < 4.78 is 0. The van der Waals surface area contributed by atoms with Crippen molar-refractivity contribution >= 4 is 12.6 Å². The van der Waals surface area contributed by atoms with Gasteiger partial charge in [-0.05, 0) is 49.3 Å². The van der Waals surface area contributed by atoms with Gasteiger partial charge in [0.25, 0.3) is 0 Å². The van der Waals surface area contributed by atoms with Crippen LogP contribution in [0.5, 0.6) is 0 Å². The molecule has 1 aliphatic carbocycles. The first-order valence-corrected chi connectivity index (χ1v) is 7.66. The van der Waals surface area contributed by atoms with E-state index in [0.29, 0.717) is 5.41 Å². The summed E-state index contributed by atoms with van der Waals surface area (Å²) in [5, 5.41) is 0. The molecule has 0 aliphatic heterocycles. The average molecular weight is 243 g/mol. The van der Waals surface area contributed by atoms with Crippen molar-refractivity contribution in [3.63, 3.8) is 0 Å². The van der Waals surface area contributed by atoms with E-state index >= 15 is 0 Å². The first-order chi connectivity index (χ1) is 7.69. The van der Waals surface area contributed by atoms with E-state index in [1.165, 1.54) is 51.7 Å². The lowest BCUT2D eigenvalue weighted by Gasteiger charge is -2.39. The minimum Gasteiger partial charge on any atom is -0.303 e. The molecule has 0 radical (unpaired) electrons. The Morgan fingerprint density at radius 3 is 2.12 bits per heavy atom. The summed E-state index contributed by atoms with van der Waals surface area (Å²) in [6.45, 7) is 10.7. The second-order valence-corrected chi connectivity index (χ2v) is 5.81. The molecule has 1 saturated carbocycles. The second-order valence-electron chi connectivity index (χ2n) is 5.49. The molecule has 0 N–H and O–H groups in total. The zero-order valence-corrected chi connectivity index (χ0v) is 12.2. The van der Waals surface area contributed by atoms with Crippen LogP contribution in [0.15, 0.2) is 0 Å². The predicted molar refractivity (Wildman–Crippen MR) is 76.3 cm³/mol. The maximum absolute atomic E-state index is 4.58. The molecule has 0 aromatic carbocycles. The summed E-state index contributed by atoms with van der Waals surface area (Å²) >= 11 is 4.58. The summed E-state index contributed by atoms with van der Waals surface area (Å²) in [6.07, 6.45) is 6.90. The van der Waals surface area contributed by atoms with Crippen molar-refractivity contribution in [1.29, 1.82) is 0 Å². The van der Waals surface area contributed by atoms with E-state index in [1.54, 1.807) is 0 Å². The van der Waals surface area contributed by atoms with Gasteiger partial charge in [-0.15, -0.1) is 0 Å². The van der Waals surface area contributed by atoms with Crippen molar-refractivity contribution in [2.24, 2.45) is 11.3 Å². The number of hydrogen-bond donors (Lipinski definition) is 1. The smallest absolute Gasteiger partial charge is 0.00456 e. The normalized spacial score (nSPS) is 17.8. The minimum atomic E-state index is 0.447. The third kappa shape index (κ3) is 3.66. The summed E-state index contributed by atoms with van der Waals surface area (Å²) in [5.41, 5.74) is 0.447. The van der Waals surface area contributed by atoms with Crippen LogP contribution in [0, 0.1) is 11.3 Å². The van der Waals surface area contributed by atoms with Gasteiger partial charge in [-0.25, -0.2) is 0 Å². The zero-order valence-electron chi connectivity index (χ0n) is 11.3. The Kier molecular flexibility index (Phi) is 6.20. The van der Waals surface area contributed by atoms with Gasteiger partial charge in [0.05, 0.1) is 0 Å². The van der Waals surface area contributed by atoms with Crippen LogP contribution >= 0.6 is 12.6 Å². The van der Waals surface area contributed by atoms with Crippen molar-refractivity contribution < 1.29 is 0 Å². The first kappa shape index (κ1) is 14.4. The van der Waals surface area contributed by atoms with Crippen molar-refractivity contribution in [2.75, 3.05) is 25.4 Å². The van der Waals surface area contributed by atoms with Crippen molar-refractivity contribution in [2.45, 2.75) is 52.9 Å². The summed E-state index contributed by atoms with van der Waals surface area (Å²) in [7, 11) is 0. The third-order valence-electron chi connectivity index (χ3n) is 4.58. The number of thiol groups is 1. The highest BCUT2D eigenvalue weighted by Crippen LogP contribution is 2.32. The topological polar surface area (TPSA) is 3.24 Å². The van der Waals surface area contributed by atoms with Gasteiger partial charge >= 0.3 is 0 Å². The summed E-state index contributed by atoms with van der Waals surface area (Å²) in [5.74, 6) is 2.02. The van der Waals surface area contributed by atoms with Gasteiger partial charge in [-0.2, -0.15) is 12.6 Å². The Morgan fingerprint density at radius 1 is 1.19 bits per heavy atom. The maximum Gasteiger partial charge on any atom is 0.00456 e. The Labute approximate surface area is 107 Å². The Morgan fingerprint density at radius 2 is 1.81 bits per heavy atom. The molecule has 0 atom stereocenters. The molecule has 0 amide bonds. The van der Waals surface area contributed by atoms with E-state index in [1.807, 2.05) is 0 Å². The molecule has 1 rings (SSSR count). The zero-order chi connectivity index (χ0) is 12.0. The van der Waals surface area contributed by atoms with E-state index < -0.39 is 0 Å². The fourth-order valence-corrected chi connectivity index (χ4v) is 3.11. The monoisotopic (exact) mass is 243 g/mol. The standard InChI is InChI=1S/C14H29NS/c1-4-14(5-2,12-16)11-15(6-3)10-13-8-7-9-13/h13,16H,4-12H2,1-3H3.